The molecule has 1 aromatic heterocycles. The number of nitrogens with zero attached hydrogens (tertiary/aromatic N) is 2. The second-order valence-electron chi connectivity index (χ2n) is 3.65. The van der Waals surface area contributed by atoms with Crippen LogP contribution in [0.4, 0.5) is 5.95 Å². The van der Waals surface area contributed by atoms with E-state index < -0.39 is 5.60 Å². The van der Waals surface area contributed by atoms with Gasteiger partial charge in [0.05, 0.1) is 25.1 Å². The van der Waals surface area contributed by atoms with Crippen LogP contribution in [0.5, 0.6) is 5.75 Å². The Hall–Kier alpha value is -1.36. The summed E-state index contributed by atoms with van der Waals surface area (Å²) in [7, 11) is 1.56. The van der Waals surface area contributed by atoms with E-state index in [2.05, 4.69) is 15.3 Å². The van der Waals surface area contributed by atoms with Crippen molar-refractivity contribution in [2.75, 3.05) is 19.0 Å². The Morgan fingerprint density at radius 3 is 2.53 bits per heavy atom. The highest BCUT2D eigenvalue weighted by atomic mass is 16.5. The molecule has 0 spiro atoms. The van der Waals surface area contributed by atoms with Crippen molar-refractivity contribution in [3.8, 4) is 5.75 Å². The Balaban J connectivity index is 2.51. The SMILES string of the molecule is CCC(C)(O)CNc1ncc(OC)cn1. The summed E-state index contributed by atoms with van der Waals surface area (Å²) in [5.74, 6) is 1.10. The smallest absolute Gasteiger partial charge is 0.222 e. The summed E-state index contributed by atoms with van der Waals surface area (Å²) in [6.45, 7) is 4.12. The molecule has 1 aromatic rings. The Morgan fingerprint density at radius 1 is 1.47 bits per heavy atom. The maximum Gasteiger partial charge on any atom is 0.222 e. The lowest BCUT2D eigenvalue weighted by molar-refractivity contribution is 0.0695. The zero-order valence-corrected chi connectivity index (χ0v) is 9.32. The van der Waals surface area contributed by atoms with Crippen LogP contribution < -0.4 is 10.1 Å². The van der Waals surface area contributed by atoms with Crippen molar-refractivity contribution in [2.45, 2.75) is 25.9 Å². The first-order chi connectivity index (χ1) is 7.07. The Labute approximate surface area is 89.5 Å². The quantitative estimate of drug-likeness (QED) is 0.762. The number of hydrogen-bond donors (Lipinski definition) is 2. The fraction of sp³-hybridized carbons (Fsp3) is 0.600. The topological polar surface area (TPSA) is 67.3 Å². The number of nitrogens with one attached hydrogen (secondary N) is 1. The van der Waals surface area contributed by atoms with Gasteiger partial charge in [-0.15, -0.1) is 0 Å². The van der Waals surface area contributed by atoms with E-state index in [1.807, 2.05) is 6.92 Å². The molecule has 0 saturated heterocycles. The minimum Gasteiger partial charge on any atom is -0.494 e. The lowest BCUT2D eigenvalue weighted by atomic mass is 10.0. The molecule has 84 valence electrons. The first kappa shape index (κ1) is 11.7. The van der Waals surface area contributed by atoms with Crippen LogP contribution in [-0.4, -0.2) is 34.3 Å². The Morgan fingerprint density at radius 2 is 2.07 bits per heavy atom. The van der Waals surface area contributed by atoms with E-state index in [0.29, 0.717) is 24.7 Å². The molecule has 1 heterocycles. The van der Waals surface area contributed by atoms with Crippen LogP contribution in [0.1, 0.15) is 20.3 Å². The largest absolute Gasteiger partial charge is 0.494 e. The normalized spacial score (nSPS) is 14.4. The standard InChI is InChI=1S/C10H17N3O2/c1-4-10(2,14)7-13-9-11-5-8(15-3)6-12-9/h5-6,14H,4,7H2,1-3H3,(H,11,12,13). The highest BCUT2D eigenvalue weighted by molar-refractivity contribution is 5.27. The van der Waals surface area contributed by atoms with Crippen LogP contribution in [0.2, 0.25) is 0 Å². The molecule has 0 aliphatic rings. The van der Waals surface area contributed by atoms with Crippen molar-refractivity contribution < 1.29 is 9.84 Å². The van der Waals surface area contributed by atoms with Gasteiger partial charge >= 0.3 is 0 Å². The van der Waals surface area contributed by atoms with E-state index in [-0.39, 0.29) is 0 Å². The number of aromatic nitrogens is 2. The molecule has 0 bridgehead atoms. The van der Waals surface area contributed by atoms with Gasteiger partial charge < -0.3 is 15.2 Å². The fourth-order valence-corrected chi connectivity index (χ4v) is 0.907. The molecule has 0 aliphatic heterocycles. The highest BCUT2D eigenvalue weighted by Gasteiger charge is 2.17. The fourth-order valence-electron chi connectivity index (χ4n) is 0.907. The predicted molar refractivity (Wildman–Crippen MR) is 58.0 cm³/mol. The van der Waals surface area contributed by atoms with Gasteiger partial charge in [-0.3, -0.25) is 0 Å². The molecule has 0 aromatic carbocycles. The summed E-state index contributed by atoms with van der Waals surface area (Å²) in [5, 5.41) is 12.7. The number of rotatable bonds is 5. The van der Waals surface area contributed by atoms with Gasteiger partial charge in [-0.2, -0.15) is 0 Å². The molecule has 0 saturated carbocycles. The average molecular weight is 211 g/mol. The lowest BCUT2D eigenvalue weighted by Gasteiger charge is -2.21. The Kier molecular flexibility index (Phi) is 3.85. The highest BCUT2D eigenvalue weighted by Crippen LogP contribution is 2.11. The van der Waals surface area contributed by atoms with Crippen LogP contribution in [-0.2, 0) is 0 Å². The number of methoxy groups -OCH3 is 1. The number of hydrogen-bond acceptors (Lipinski definition) is 5. The molecule has 2 N–H and O–H groups in total. The van der Waals surface area contributed by atoms with Gasteiger partial charge in [-0.1, -0.05) is 6.92 Å². The van der Waals surface area contributed by atoms with Crippen LogP contribution >= 0.6 is 0 Å². The molecule has 1 rings (SSSR count). The van der Waals surface area contributed by atoms with Gasteiger partial charge in [0, 0.05) is 6.54 Å². The summed E-state index contributed by atoms with van der Waals surface area (Å²) in [6, 6.07) is 0. The van der Waals surface area contributed by atoms with E-state index in [9.17, 15) is 5.11 Å². The van der Waals surface area contributed by atoms with Crippen molar-refractivity contribution in [1.82, 2.24) is 9.97 Å². The van der Waals surface area contributed by atoms with Crippen LogP contribution in [0.3, 0.4) is 0 Å². The predicted octanol–water partition coefficient (Wildman–Crippen LogP) is 1.06. The van der Waals surface area contributed by atoms with Crippen LogP contribution in [0.15, 0.2) is 12.4 Å². The van der Waals surface area contributed by atoms with Gasteiger partial charge in [0.1, 0.15) is 0 Å². The van der Waals surface area contributed by atoms with Gasteiger partial charge in [0.2, 0.25) is 5.95 Å². The third kappa shape index (κ3) is 3.71. The third-order valence-electron chi connectivity index (χ3n) is 2.25. The Bertz CT molecular complexity index is 298. The summed E-state index contributed by atoms with van der Waals surface area (Å²) >= 11 is 0. The second-order valence-corrected chi connectivity index (χ2v) is 3.65. The lowest BCUT2D eigenvalue weighted by Crippen LogP contribution is -2.32. The first-order valence-electron chi connectivity index (χ1n) is 4.89. The zero-order chi connectivity index (χ0) is 11.3. The molecule has 0 aliphatic carbocycles. The molecule has 0 amide bonds. The first-order valence-corrected chi connectivity index (χ1v) is 4.89. The zero-order valence-electron chi connectivity index (χ0n) is 9.32. The maximum atomic E-state index is 9.74. The van der Waals surface area contributed by atoms with E-state index in [0.717, 1.165) is 0 Å². The van der Waals surface area contributed by atoms with E-state index >= 15 is 0 Å². The minimum absolute atomic E-state index is 0.426. The maximum absolute atomic E-state index is 9.74. The van der Waals surface area contributed by atoms with Gasteiger partial charge in [-0.05, 0) is 13.3 Å². The number of aliphatic hydroxyl groups is 1. The van der Waals surface area contributed by atoms with Gasteiger partial charge in [0.25, 0.3) is 0 Å². The number of ether oxygens (including phenoxy) is 1. The van der Waals surface area contributed by atoms with Crippen molar-refractivity contribution in [2.24, 2.45) is 0 Å². The van der Waals surface area contributed by atoms with Crippen molar-refractivity contribution in [3.05, 3.63) is 12.4 Å². The summed E-state index contributed by atoms with van der Waals surface area (Å²) in [6.07, 6.45) is 3.84. The van der Waals surface area contributed by atoms with Crippen molar-refractivity contribution >= 4 is 5.95 Å². The monoisotopic (exact) mass is 211 g/mol. The third-order valence-corrected chi connectivity index (χ3v) is 2.25. The number of anilines is 1. The summed E-state index contributed by atoms with van der Waals surface area (Å²) < 4.78 is 4.93. The average Bonchev–Trinajstić information content (AvgIpc) is 2.27. The van der Waals surface area contributed by atoms with Crippen LogP contribution in [0, 0.1) is 0 Å². The molecule has 5 heteroatoms. The van der Waals surface area contributed by atoms with Gasteiger partial charge in [-0.25, -0.2) is 9.97 Å². The van der Waals surface area contributed by atoms with E-state index in [4.69, 9.17) is 4.74 Å². The van der Waals surface area contributed by atoms with Crippen molar-refractivity contribution in [3.63, 3.8) is 0 Å². The molecular weight excluding hydrogens is 194 g/mol. The van der Waals surface area contributed by atoms with Crippen molar-refractivity contribution in [1.29, 1.82) is 0 Å². The van der Waals surface area contributed by atoms with Crippen LogP contribution in [0.25, 0.3) is 0 Å². The van der Waals surface area contributed by atoms with Gasteiger partial charge in [0.15, 0.2) is 5.75 Å². The molecular formula is C10H17N3O2. The molecule has 0 fully saturated rings. The van der Waals surface area contributed by atoms with E-state index in [1.165, 1.54) is 0 Å². The minimum atomic E-state index is -0.733. The molecule has 15 heavy (non-hydrogen) atoms. The molecule has 1 unspecified atom stereocenters. The molecule has 1 atom stereocenters. The second kappa shape index (κ2) is 4.93. The van der Waals surface area contributed by atoms with E-state index in [1.54, 1.807) is 26.4 Å². The molecule has 5 nitrogen and oxygen atoms in total. The summed E-state index contributed by atoms with van der Waals surface area (Å²) in [5.41, 5.74) is -0.733. The molecule has 0 radical (unpaired) electrons. The summed E-state index contributed by atoms with van der Waals surface area (Å²) in [4.78, 5) is 8.06.